The molecule has 0 saturated carbocycles. The molecule has 0 aliphatic carbocycles. The van der Waals surface area contributed by atoms with Gasteiger partial charge in [-0.05, 0) is 32.0 Å². The number of hydrogen-bond donors (Lipinski definition) is 0. The second-order valence-electron chi connectivity index (χ2n) is 6.06. The summed E-state index contributed by atoms with van der Waals surface area (Å²) in [6.45, 7) is 4.40. The molecule has 0 spiro atoms. The van der Waals surface area contributed by atoms with E-state index in [-0.39, 0.29) is 0 Å². The van der Waals surface area contributed by atoms with E-state index in [1.807, 2.05) is 0 Å². The van der Waals surface area contributed by atoms with Gasteiger partial charge in [-0.3, -0.25) is 0 Å². The summed E-state index contributed by atoms with van der Waals surface area (Å²) in [5, 5.41) is 0. The van der Waals surface area contributed by atoms with Gasteiger partial charge in [0.2, 0.25) is 5.69 Å². The molecule has 4 nitrogen and oxygen atoms in total. The summed E-state index contributed by atoms with van der Waals surface area (Å²) in [7, 11) is 6.33. The lowest BCUT2D eigenvalue weighted by atomic mass is 10.2. The van der Waals surface area contributed by atoms with Crippen molar-refractivity contribution >= 4 is 0 Å². The van der Waals surface area contributed by atoms with Crippen LogP contribution >= 0.6 is 0 Å². The first-order valence-electron chi connectivity index (χ1n) is 7.69. The largest absolute Gasteiger partial charge is 0.346 e. The zero-order valence-electron chi connectivity index (χ0n) is 14.0. The van der Waals surface area contributed by atoms with Crippen molar-refractivity contribution in [2.45, 2.75) is 19.9 Å². The highest BCUT2D eigenvalue weighted by molar-refractivity contribution is 5.55. The fraction of sp³-hybridized carbons (Fsp3) is 0.333. The van der Waals surface area contributed by atoms with Crippen molar-refractivity contribution in [1.29, 1.82) is 0 Å². The zero-order chi connectivity index (χ0) is 15.9. The Bertz CT molecular complexity index is 808. The van der Waals surface area contributed by atoms with Gasteiger partial charge in [-0.1, -0.05) is 0 Å². The van der Waals surface area contributed by atoms with Crippen molar-refractivity contribution < 1.29 is 9.25 Å². The van der Waals surface area contributed by atoms with E-state index < -0.39 is 0 Å². The minimum absolute atomic E-state index is 0.445. The first-order chi connectivity index (χ1) is 10.5. The van der Waals surface area contributed by atoms with Crippen LogP contribution < -0.4 is 9.25 Å². The highest BCUT2D eigenvalue weighted by atomic mass is 15.4. The van der Waals surface area contributed by atoms with Gasteiger partial charge in [0.1, 0.15) is 12.7 Å². The van der Waals surface area contributed by atoms with Crippen LogP contribution in [0.2, 0.25) is 0 Å². The Morgan fingerprint density at radius 1 is 0.864 bits per heavy atom. The molecule has 3 aromatic heterocycles. The predicted octanol–water partition coefficient (Wildman–Crippen LogP) is 2.39. The fourth-order valence-corrected chi connectivity index (χ4v) is 3.07. The molecule has 114 valence electrons. The Morgan fingerprint density at radius 3 is 2.18 bits per heavy atom. The predicted molar refractivity (Wildman–Crippen MR) is 87.0 cm³/mol. The van der Waals surface area contributed by atoms with Crippen LogP contribution in [0.15, 0.2) is 48.8 Å². The third-order valence-electron chi connectivity index (χ3n) is 4.31. The summed E-state index contributed by atoms with van der Waals surface area (Å²) in [5.74, 6) is 0. The fourth-order valence-electron chi connectivity index (χ4n) is 3.07. The molecule has 0 bridgehead atoms. The number of aromatic nitrogens is 4. The van der Waals surface area contributed by atoms with E-state index in [4.69, 9.17) is 0 Å². The van der Waals surface area contributed by atoms with Gasteiger partial charge in [0, 0.05) is 31.4 Å². The van der Waals surface area contributed by atoms with Crippen molar-refractivity contribution in [3.05, 3.63) is 48.8 Å². The SMILES string of the molecule is CC(C)n1ccc(-c2cccc(-c3cccn3C)[n+]2C)[n+]1C. The third-order valence-corrected chi connectivity index (χ3v) is 4.31. The number of rotatable bonds is 3. The quantitative estimate of drug-likeness (QED) is 0.661. The minimum atomic E-state index is 0.445. The van der Waals surface area contributed by atoms with Crippen LogP contribution in [0.1, 0.15) is 19.9 Å². The minimum Gasteiger partial charge on any atom is -0.346 e. The maximum atomic E-state index is 2.26. The molecule has 0 unspecified atom stereocenters. The normalized spacial score (nSPS) is 11.4. The highest BCUT2D eigenvalue weighted by Crippen LogP contribution is 2.19. The van der Waals surface area contributed by atoms with E-state index in [1.54, 1.807) is 0 Å². The van der Waals surface area contributed by atoms with Crippen molar-refractivity contribution in [1.82, 2.24) is 9.25 Å². The molecule has 0 aromatic carbocycles. The van der Waals surface area contributed by atoms with Crippen LogP contribution in [-0.4, -0.2) is 9.25 Å². The van der Waals surface area contributed by atoms with Gasteiger partial charge in [-0.25, -0.2) is 0 Å². The second-order valence-corrected chi connectivity index (χ2v) is 6.06. The number of nitrogens with zero attached hydrogens (tertiary/aromatic N) is 4. The molecule has 3 rings (SSSR count). The van der Waals surface area contributed by atoms with Gasteiger partial charge >= 0.3 is 5.69 Å². The van der Waals surface area contributed by atoms with Crippen LogP contribution in [0.3, 0.4) is 0 Å². The molecule has 0 atom stereocenters. The molecular weight excluding hydrogens is 272 g/mol. The molecule has 4 heteroatoms. The molecule has 0 aliphatic rings. The van der Waals surface area contributed by atoms with Gasteiger partial charge in [-0.15, -0.1) is 4.68 Å². The van der Waals surface area contributed by atoms with Crippen molar-refractivity contribution in [2.24, 2.45) is 21.1 Å². The van der Waals surface area contributed by atoms with Gasteiger partial charge < -0.3 is 4.57 Å². The van der Waals surface area contributed by atoms with Crippen molar-refractivity contribution in [3.63, 3.8) is 0 Å². The van der Waals surface area contributed by atoms with E-state index in [9.17, 15) is 0 Å². The number of pyridine rings is 1. The molecule has 0 saturated heterocycles. The van der Waals surface area contributed by atoms with Crippen LogP contribution in [0.4, 0.5) is 0 Å². The molecule has 3 aromatic rings. The maximum Gasteiger partial charge on any atom is 0.301 e. The molecule has 0 amide bonds. The summed E-state index contributed by atoms with van der Waals surface area (Å²) < 4.78 is 8.87. The molecule has 22 heavy (non-hydrogen) atoms. The van der Waals surface area contributed by atoms with Crippen molar-refractivity contribution in [3.8, 4) is 22.8 Å². The highest BCUT2D eigenvalue weighted by Gasteiger charge is 2.26. The Morgan fingerprint density at radius 2 is 1.59 bits per heavy atom. The molecule has 3 heterocycles. The lowest BCUT2D eigenvalue weighted by Crippen LogP contribution is -2.44. The molecule has 0 radical (unpaired) electrons. The summed E-state index contributed by atoms with van der Waals surface area (Å²) in [5.41, 5.74) is 4.85. The van der Waals surface area contributed by atoms with Gasteiger partial charge in [-0.2, -0.15) is 9.25 Å². The average Bonchev–Trinajstić information content (AvgIpc) is 3.06. The summed E-state index contributed by atoms with van der Waals surface area (Å²) in [6, 6.07) is 13.3. The molecular formula is C18H24N4+2. The topological polar surface area (TPSA) is 17.6 Å². The lowest BCUT2D eigenvalue weighted by Gasteiger charge is -2.06. The zero-order valence-corrected chi connectivity index (χ0v) is 14.0. The van der Waals surface area contributed by atoms with E-state index in [0.717, 1.165) is 0 Å². The summed E-state index contributed by atoms with van der Waals surface area (Å²) in [4.78, 5) is 0. The van der Waals surface area contributed by atoms with E-state index >= 15 is 0 Å². The average molecular weight is 296 g/mol. The number of hydrogen-bond acceptors (Lipinski definition) is 0. The first kappa shape index (κ1) is 14.6. The lowest BCUT2D eigenvalue weighted by molar-refractivity contribution is -0.753. The number of aryl methyl sites for hydroxylation is 1. The first-order valence-corrected chi connectivity index (χ1v) is 7.69. The molecule has 0 aliphatic heterocycles. The Labute approximate surface area is 131 Å². The van der Waals surface area contributed by atoms with E-state index in [0.29, 0.717) is 6.04 Å². The summed E-state index contributed by atoms with van der Waals surface area (Å²) >= 11 is 0. The van der Waals surface area contributed by atoms with Gasteiger partial charge in [0.15, 0.2) is 7.05 Å². The second kappa shape index (κ2) is 5.44. The van der Waals surface area contributed by atoms with E-state index in [2.05, 4.69) is 102 Å². The van der Waals surface area contributed by atoms with Gasteiger partial charge in [0.25, 0.3) is 5.69 Å². The smallest absolute Gasteiger partial charge is 0.301 e. The Kier molecular flexibility index (Phi) is 3.61. The molecule has 0 N–H and O–H groups in total. The van der Waals surface area contributed by atoms with Crippen LogP contribution in [0.5, 0.6) is 0 Å². The monoisotopic (exact) mass is 296 g/mol. The van der Waals surface area contributed by atoms with Crippen molar-refractivity contribution in [2.75, 3.05) is 0 Å². The standard InChI is InChI=1S/C18H24N4/c1-14(2)22-13-11-18(21(22)5)17-9-6-8-16(20(17)4)15-10-7-12-19(15)3/h6-14H,1-5H3/q+2. The summed E-state index contributed by atoms with van der Waals surface area (Å²) in [6.07, 6.45) is 4.23. The van der Waals surface area contributed by atoms with Gasteiger partial charge in [0.05, 0.1) is 12.2 Å². The van der Waals surface area contributed by atoms with E-state index in [1.165, 1.54) is 22.8 Å². The Balaban J connectivity index is 2.16. The molecule has 0 fully saturated rings. The Hall–Kier alpha value is -2.36. The van der Waals surface area contributed by atoms with Crippen LogP contribution in [-0.2, 0) is 21.1 Å². The van der Waals surface area contributed by atoms with Crippen LogP contribution in [0.25, 0.3) is 22.8 Å². The van der Waals surface area contributed by atoms with Crippen LogP contribution in [0, 0.1) is 0 Å². The maximum absolute atomic E-state index is 2.26. The third kappa shape index (κ3) is 2.25.